The molecule has 2 aliphatic rings. The van der Waals surface area contributed by atoms with E-state index in [1.165, 1.54) is 4.90 Å². The fourth-order valence-electron chi connectivity index (χ4n) is 4.47. The zero-order valence-corrected chi connectivity index (χ0v) is 20.3. The molecule has 3 rings (SSSR count). The van der Waals surface area contributed by atoms with Gasteiger partial charge in [0.1, 0.15) is 5.54 Å². The number of rotatable bonds is 9. The van der Waals surface area contributed by atoms with E-state index >= 15 is 0 Å². The lowest BCUT2D eigenvalue weighted by molar-refractivity contribution is -0.134. The third kappa shape index (κ3) is 5.94. The molecule has 0 atom stereocenters. The molecular weight excluding hydrogens is 451 g/mol. The molecule has 32 heavy (non-hydrogen) atoms. The Labute approximate surface area is 200 Å². The first-order valence-electron chi connectivity index (χ1n) is 11.2. The van der Waals surface area contributed by atoms with Gasteiger partial charge in [0, 0.05) is 26.1 Å². The van der Waals surface area contributed by atoms with Gasteiger partial charge in [-0.2, -0.15) is 0 Å². The number of halogens is 2. The van der Waals surface area contributed by atoms with Gasteiger partial charge in [-0.3, -0.25) is 14.5 Å². The molecule has 1 aliphatic carbocycles. The van der Waals surface area contributed by atoms with Gasteiger partial charge in [-0.15, -0.1) is 0 Å². The first-order valence-corrected chi connectivity index (χ1v) is 12.0. The van der Waals surface area contributed by atoms with E-state index in [0.29, 0.717) is 36.0 Å². The van der Waals surface area contributed by atoms with E-state index in [1.54, 1.807) is 17.0 Å². The minimum Gasteiger partial charge on any atom is -0.338 e. The molecule has 176 valence electrons. The molecule has 1 aromatic rings. The van der Waals surface area contributed by atoms with Gasteiger partial charge in [-0.25, -0.2) is 4.79 Å². The standard InChI is InChI=1S/C23H32Cl2N4O3/c1-27(2)12-6-13-28(16-17-7-8-18(24)19(25)15-17)20(30)9-14-29-21(31)23(26-22(29)32)10-4-3-5-11-23/h7-8,15H,3-6,9-14,16H2,1-2H3,(H,26,32). The van der Waals surface area contributed by atoms with Gasteiger partial charge in [-0.1, -0.05) is 48.5 Å². The van der Waals surface area contributed by atoms with Crippen molar-refractivity contribution in [1.82, 2.24) is 20.0 Å². The topological polar surface area (TPSA) is 73.0 Å². The van der Waals surface area contributed by atoms with Crippen molar-refractivity contribution in [1.29, 1.82) is 0 Å². The number of carbonyl (C=O) groups excluding carboxylic acids is 3. The van der Waals surface area contributed by atoms with E-state index in [-0.39, 0.29) is 30.8 Å². The normalized spacial score (nSPS) is 17.8. The summed E-state index contributed by atoms with van der Waals surface area (Å²) in [7, 11) is 3.98. The van der Waals surface area contributed by atoms with Crippen LogP contribution in [0.5, 0.6) is 0 Å². The second kappa shape index (κ2) is 10.9. The first-order chi connectivity index (χ1) is 15.2. The Kier molecular flexibility index (Phi) is 8.42. The number of amides is 4. The molecule has 0 aromatic heterocycles. The molecule has 0 unspecified atom stereocenters. The molecule has 4 amide bonds. The molecule has 0 bridgehead atoms. The molecule has 1 saturated carbocycles. The minimum absolute atomic E-state index is 0.0941. The summed E-state index contributed by atoms with van der Waals surface area (Å²) < 4.78 is 0. The lowest BCUT2D eigenvalue weighted by Gasteiger charge is -2.30. The Morgan fingerprint density at radius 2 is 1.81 bits per heavy atom. The predicted octanol–water partition coefficient (Wildman–Crippen LogP) is 3.92. The van der Waals surface area contributed by atoms with Gasteiger partial charge in [-0.05, 0) is 57.6 Å². The van der Waals surface area contributed by atoms with Crippen LogP contribution in [-0.2, 0) is 16.1 Å². The van der Waals surface area contributed by atoms with Crippen LogP contribution in [0.4, 0.5) is 4.79 Å². The summed E-state index contributed by atoms with van der Waals surface area (Å²) in [6.45, 7) is 1.91. The Hall–Kier alpha value is -1.83. The van der Waals surface area contributed by atoms with Crippen LogP contribution in [0.15, 0.2) is 18.2 Å². The molecular formula is C23H32Cl2N4O3. The number of benzene rings is 1. The molecule has 9 heteroatoms. The van der Waals surface area contributed by atoms with Crippen LogP contribution in [0, 0.1) is 0 Å². The van der Waals surface area contributed by atoms with Crippen molar-refractivity contribution in [2.24, 2.45) is 0 Å². The van der Waals surface area contributed by atoms with Gasteiger partial charge < -0.3 is 15.1 Å². The van der Waals surface area contributed by atoms with Crippen molar-refractivity contribution in [2.75, 3.05) is 33.7 Å². The number of hydrogen-bond donors (Lipinski definition) is 1. The predicted molar refractivity (Wildman–Crippen MR) is 126 cm³/mol. The Morgan fingerprint density at radius 1 is 1.09 bits per heavy atom. The lowest BCUT2D eigenvalue weighted by Crippen LogP contribution is -2.48. The average molecular weight is 483 g/mol. The zero-order valence-electron chi connectivity index (χ0n) is 18.8. The van der Waals surface area contributed by atoms with Crippen molar-refractivity contribution in [3.05, 3.63) is 33.8 Å². The largest absolute Gasteiger partial charge is 0.338 e. The van der Waals surface area contributed by atoms with Crippen molar-refractivity contribution in [3.63, 3.8) is 0 Å². The molecule has 1 saturated heterocycles. The summed E-state index contributed by atoms with van der Waals surface area (Å²) in [6.07, 6.45) is 5.21. The molecule has 1 spiro atoms. The first kappa shape index (κ1) is 24.8. The molecule has 1 aromatic carbocycles. The number of nitrogens with one attached hydrogen (secondary N) is 1. The lowest BCUT2D eigenvalue weighted by atomic mass is 9.82. The van der Waals surface area contributed by atoms with Gasteiger partial charge in [0.25, 0.3) is 5.91 Å². The average Bonchev–Trinajstić information content (AvgIpc) is 2.97. The van der Waals surface area contributed by atoms with Crippen LogP contribution in [0.25, 0.3) is 0 Å². The van der Waals surface area contributed by atoms with Gasteiger partial charge in [0.15, 0.2) is 0 Å². The van der Waals surface area contributed by atoms with E-state index < -0.39 is 5.54 Å². The Bertz CT molecular complexity index is 856. The van der Waals surface area contributed by atoms with Crippen LogP contribution >= 0.6 is 23.2 Å². The van der Waals surface area contributed by atoms with Gasteiger partial charge in [0.05, 0.1) is 10.0 Å². The highest BCUT2D eigenvalue weighted by atomic mass is 35.5. The quantitative estimate of drug-likeness (QED) is 0.541. The SMILES string of the molecule is CN(C)CCCN(Cc1ccc(Cl)c(Cl)c1)C(=O)CCN1C(=O)NC2(CCCCC2)C1=O. The van der Waals surface area contributed by atoms with Crippen molar-refractivity contribution in [3.8, 4) is 0 Å². The van der Waals surface area contributed by atoms with Crippen molar-refractivity contribution >= 4 is 41.0 Å². The van der Waals surface area contributed by atoms with E-state index in [0.717, 1.165) is 37.8 Å². The smallest absolute Gasteiger partial charge is 0.325 e. The molecule has 0 radical (unpaired) electrons. The number of hydrogen-bond acceptors (Lipinski definition) is 4. The highest BCUT2D eigenvalue weighted by Crippen LogP contribution is 2.33. The monoisotopic (exact) mass is 482 g/mol. The van der Waals surface area contributed by atoms with E-state index in [2.05, 4.69) is 10.2 Å². The molecule has 1 heterocycles. The maximum Gasteiger partial charge on any atom is 0.325 e. The second-order valence-electron chi connectivity index (χ2n) is 9.00. The van der Waals surface area contributed by atoms with Crippen molar-refractivity contribution in [2.45, 2.75) is 57.0 Å². The zero-order chi connectivity index (χ0) is 23.3. The summed E-state index contributed by atoms with van der Waals surface area (Å²) in [5.41, 5.74) is 0.123. The number of urea groups is 1. The van der Waals surface area contributed by atoms with Crippen molar-refractivity contribution < 1.29 is 14.4 Å². The van der Waals surface area contributed by atoms with Gasteiger partial charge >= 0.3 is 6.03 Å². The molecule has 2 fully saturated rings. The van der Waals surface area contributed by atoms with Crippen LogP contribution < -0.4 is 5.32 Å². The Morgan fingerprint density at radius 3 is 2.47 bits per heavy atom. The fourth-order valence-corrected chi connectivity index (χ4v) is 4.79. The Balaban J connectivity index is 1.64. The van der Waals surface area contributed by atoms with E-state index in [4.69, 9.17) is 23.2 Å². The van der Waals surface area contributed by atoms with Crippen LogP contribution in [0.3, 0.4) is 0 Å². The van der Waals surface area contributed by atoms with Crippen LogP contribution in [-0.4, -0.2) is 71.8 Å². The van der Waals surface area contributed by atoms with Gasteiger partial charge in [0.2, 0.25) is 5.91 Å². The number of carbonyl (C=O) groups is 3. The van der Waals surface area contributed by atoms with E-state index in [1.807, 2.05) is 20.2 Å². The fraction of sp³-hybridized carbons (Fsp3) is 0.609. The third-order valence-corrected chi connectivity index (χ3v) is 6.98. The van der Waals surface area contributed by atoms with Crippen LogP contribution in [0.1, 0.15) is 50.5 Å². The molecule has 1 aliphatic heterocycles. The van der Waals surface area contributed by atoms with E-state index in [9.17, 15) is 14.4 Å². The second-order valence-corrected chi connectivity index (χ2v) is 9.81. The summed E-state index contributed by atoms with van der Waals surface area (Å²) >= 11 is 12.2. The minimum atomic E-state index is -0.760. The number of imide groups is 1. The highest BCUT2D eigenvalue weighted by molar-refractivity contribution is 6.42. The maximum atomic E-state index is 13.1. The summed E-state index contributed by atoms with van der Waals surface area (Å²) in [4.78, 5) is 43.6. The highest BCUT2D eigenvalue weighted by Gasteiger charge is 2.51. The summed E-state index contributed by atoms with van der Waals surface area (Å²) in [5.74, 6) is -0.279. The summed E-state index contributed by atoms with van der Waals surface area (Å²) in [5, 5.41) is 3.81. The summed E-state index contributed by atoms with van der Waals surface area (Å²) in [6, 6.07) is 4.96. The molecule has 7 nitrogen and oxygen atoms in total. The van der Waals surface area contributed by atoms with Crippen LogP contribution in [0.2, 0.25) is 10.0 Å². The molecule has 1 N–H and O–H groups in total. The third-order valence-electron chi connectivity index (χ3n) is 6.25. The number of nitrogens with zero attached hydrogens (tertiary/aromatic N) is 3. The maximum absolute atomic E-state index is 13.1.